The summed E-state index contributed by atoms with van der Waals surface area (Å²) in [6.45, 7) is 0. The third-order valence-electron chi connectivity index (χ3n) is 1.67. The van der Waals surface area contributed by atoms with Crippen LogP contribution >= 0.6 is 0 Å². The average molecular weight is 179 g/mol. The zero-order chi connectivity index (χ0) is 9.68. The topological polar surface area (TPSA) is 37.2 Å². The van der Waals surface area contributed by atoms with E-state index in [1.165, 1.54) is 0 Å². The molecule has 0 N–H and O–H groups in total. The molecule has 0 radical (unpaired) electrons. The van der Waals surface area contributed by atoms with Gasteiger partial charge in [-0.05, 0) is 24.3 Å². The highest BCUT2D eigenvalue weighted by molar-refractivity contribution is 5.47. The van der Waals surface area contributed by atoms with Crippen molar-refractivity contribution < 1.29 is 4.74 Å². The molecule has 0 saturated carbocycles. The van der Waals surface area contributed by atoms with Gasteiger partial charge in [-0.3, -0.25) is 5.01 Å². The van der Waals surface area contributed by atoms with E-state index in [1.54, 1.807) is 19.2 Å². The highest BCUT2D eigenvalue weighted by Gasteiger charge is 1.97. The summed E-state index contributed by atoms with van der Waals surface area (Å²) in [5.41, 5.74) is 0.978. The predicted molar refractivity (Wildman–Crippen MR) is 52.2 cm³/mol. The molecule has 0 bridgehead atoms. The van der Waals surface area contributed by atoms with Crippen molar-refractivity contribution in [3.63, 3.8) is 0 Å². The van der Waals surface area contributed by atoms with Gasteiger partial charge >= 0.3 is 0 Å². The first-order valence-corrected chi connectivity index (χ1v) is 3.95. The Morgan fingerprint density at radius 3 is 2.31 bits per heavy atom. The van der Waals surface area contributed by atoms with Crippen molar-refractivity contribution in [3.8, 4) is 5.75 Å². The van der Waals surface area contributed by atoms with Gasteiger partial charge in [0.1, 0.15) is 5.75 Å². The van der Waals surface area contributed by atoms with Gasteiger partial charge in [-0.25, -0.2) is 0 Å². The minimum atomic E-state index is 0.839. The van der Waals surface area contributed by atoms with Crippen LogP contribution in [0.25, 0.3) is 0 Å². The molecule has 1 rings (SSSR count). The largest absolute Gasteiger partial charge is 0.497 e. The van der Waals surface area contributed by atoms with Gasteiger partial charge in [-0.15, -0.1) is 0 Å². The Morgan fingerprint density at radius 1 is 1.23 bits per heavy atom. The maximum Gasteiger partial charge on any atom is 0.119 e. The van der Waals surface area contributed by atoms with E-state index in [4.69, 9.17) is 4.74 Å². The lowest BCUT2D eigenvalue weighted by molar-refractivity contribution is 0.415. The molecule has 0 spiro atoms. The summed E-state index contributed by atoms with van der Waals surface area (Å²) >= 11 is 0. The van der Waals surface area contributed by atoms with Gasteiger partial charge in [-0.2, -0.15) is 5.11 Å². The predicted octanol–water partition coefficient (Wildman–Crippen LogP) is 2.13. The number of benzene rings is 1. The van der Waals surface area contributed by atoms with Crippen molar-refractivity contribution in [1.82, 2.24) is 0 Å². The molecular weight excluding hydrogens is 166 g/mol. The Morgan fingerprint density at radius 2 is 1.85 bits per heavy atom. The first-order valence-electron chi connectivity index (χ1n) is 3.95. The molecule has 13 heavy (non-hydrogen) atoms. The van der Waals surface area contributed by atoms with Crippen LogP contribution in [0.15, 0.2) is 34.6 Å². The molecule has 4 nitrogen and oxygen atoms in total. The summed E-state index contributed by atoms with van der Waals surface area (Å²) in [4.78, 5) is 0. The van der Waals surface area contributed by atoms with Gasteiger partial charge in [0.25, 0.3) is 0 Å². The maximum absolute atomic E-state index is 5.04. The van der Waals surface area contributed by atoms with Crippen LogP contribution in [0.5, 0.6) is 5.75 Å². The molecule has 0 aromatic heterocycles. The lowest BCUT2D eigenvalue weighted by Crippen LogP contribution is -2.06. The van der Waals surface area contributed by atoms with Crippen LogP contribution < -0.4 is 9.75 Å². The van der Waals surface area contributed by atoms with Crippen molar-refractivity contribution in [2.75, 3.05) is 26.2 Å². The van der Waals surface area contributed by atoms with E-state index < -0.39 is 0 Å². The van der Waals surface area contributed by atoms with Crippen LogP contribution in [0.1, 0.15) is 0 Å². The smallest absolute Gasteiger partial charge is 0.119 e. The van der Waals surface area contributed by atoms with E-state index in [1.807, 2.05) is 31.3 Å². The van der Waals surface area contributed by atoms with Crippen molar-refractivity contribution in [2.24, 2.45) is 10.3 Å². The fourth-order valence-electron chi connectivity index (χ4n) is 0.984. The molecule has 0 fully saturated rings. The molecular formula is C9H13N3O. The monoisotopic (exact) mass is 179 g/mol. The highest BCUT2D eigenvalue weighted by atomic mass is 16.5. The standard InChI is InChI=1S/C9H13N3O/c1-10-11-12(2)8-4-6-9(13-3)7-5-8/h4-7H,1-3H3. The van der Waals surface area contributed by atoms with E-state index in [9.17, 15) is 0 Å². The lowest BCUT2D eigenvalue weighted by atomic mass is 10.3. The maximum atomic E-state index is 5.04. The van der Waals surface area contributed by atoms with Gasteiger partial charge in [0.2, 0.25) is 0 Å². The van der Waals surface area contributed by atoms with E-state index in [-0.39, 0.29) is 0 Å². The number of rotatable bonds is 3. The molecule has 0 amide bonds. The molecule has 1 aromatic carbocycles. The van der Waals surface area contributed by atoms with Gasteiger partial charge in [0.05, 0.1) is 19.8 Å². The van der Waals surface area contributed by atoms with Crippen LogP contribution in [0, 0.1) is 0 Å². The summed E-state index contributed by atoms with van der Waals surface area (Å²) in [6.07, 6.45) is 0. The van der Waals surface area contributed by atoms with Gasteiger partial charge in [0, 0.05) is 7.05 Å². The van der Waals surface area contributed by atoms with Gasteiger partial charge in [0.15, 0.2) is 0 Å². The summed E-state index contributed by atoms with van der Waals surface area (Å²) in [7, 11) is 5.12. The molecule has 0 aliphatic carbocycles. The highest BCUT2D eigenvalue weighted by Crippen LogP contribution is 2.17. The van der Waals surface area contributed by atoms with E-state index in [0.717, 1.165) is 11.4 Å². The van der Waals surface area contributed by atoms with E-state index in [0.29, 0.717) is 0 Å². The summed E-state index contributed by atoms with van der Waals surface area (Å²) < 4.78 is 5.04. The van der Waals surface area contributed by atoms with Crippen molar-refractivity contribution in [1.29, 1.82) is 0 Å². The van der Waals surface area contributed by atoms with E-state index >= 15 is 0 Å². The molecule has 0 unspecified atom stereocenters. The van der Waals surface area contributed by atoms with Crippen molar-refractivity contribution in [3.05, 3.63) is 24.3 Å². The fourth-order valence-corrected chi connectivity index (χ4v) is 0.984. The summed E-state index contributed by atoms with van der Waals surface area (Å²) in [6, 6.07) is 7.62. The minimum Gasteiger partial charge on any atom is -0.497 e. The molecule has 1 aromatic rings. The molecule has 4 heteroatoms. The lowest BCUT2D eigenvalue weighted by Gasteiger charge is -2.10. The van der Waals surface area contributed by atoms with Crippen molar-refractivity contribution >= 4 is 5.69 Å². The number of ether oxygens (including phenoxy) is 1. The van der Waals surface area contributed by atoms with Gasteiger partial charge < -0.3 is 4.74 Å². The second-order valence-electron chi connectivity index (χ2n) is 2.51. The zero-order valence-corrected chi connectivity index (χ0v) is 8.06. The number of methoxy groups -OCH3 is 1. The van der Waals surface area contributed by atoms with E-state index in [2.05, 4.69) is 10.3 Å². The van der Waals surface area contributed by atoms with Crippen LogP contribution in [0.2, 0.25) is 0 Å². The normalized spacial score (nSPS) is 10.4. The summed E-state index contributed by atoms with van der Waals surface area (Å²) in [5.74, 6) is 0.839. The summed E-state index contributed by atoms with van der Waals surface area (Å²) in [5, 5.41) is 9.24. The SMILES string of the molecule is CN=NN(C)c1ccc(OC)cc1. The quantitative estimate of drug-likeness (QED) is 0.526. The molecule has 70 valence electrons. The third kappa shape index (κ3) is 2.43. The van der Waals surface area contributed by atoms with Crippen LogP contribution in [-0.2, 0) is 0 Å². The number of nitrogens with zero attached hydrogens (tertiary/aromatic N) is 3. The Kier molecular flexibility index (Phi) is 3.25. The first-order chi connectivity index (χ1) is 6.27. The Labute approximate surface area is 77.8 Å². The average Bonchev–Trinajstić information content (AvgIpc) is 2.18. The van der Waals surface area contributed by atoms with Crippen LogP contribution in [-0.4, -0.2) is 21.2 Å². The number of anilines is 1. The first kappa shape index (κ1) is 9.51. The fraction of sp³-hybridized carbons (Fsp3) is 0.333. The third-order valence-corrected chi connectivity index (χ3v) is 1.67. The Bertz CT molecular complexity index is 281. The number of hydrogen-bond donors (Lipinski definition) is 0. The molecule has 0 saturated heterocycles. The minimum absolute atomic E-state index is 0.839. The Balaban J connectivity index is 2.79. The number of hydrogen-bond acceptors (Lipinski definition) is 3. The van der Waals surface area contributed by atoms with Crippen LogP contribution in [0.3, 0.4) is 0 Å². The molecule has 0 aliphatic rings. The molecule has 0 atom stereocenters. The Hall–Kier alpha value is -1.58. The second-order valence-corrected chi connectivity index (χ2v) is 2.51. The molecule has 0 aliphatic heterocycles. The van der Waals surface area contributed by atoms with Crippen molar-refractivity contribution in [2.45, 2.75) is 0 Å². The zero-order valence-electron chi connectivity index (χ0n) is 8.06. The second kappa shape index (κ2) is 4.45. The molecule has 0 heterocycles. The van der Waals surface area contributed by atoms with Gasteiger partial charge in [-0.1, -0.05) is 5.22 Å². The van der Waals surface area contributed by atoms with Crippen LogP contribution in [0.4, 0.5) is 5.69 Å².